The molecule has 2 amide bonds. The van der Waals surface area contributed by atoms with Crippen molar-refractivity contribution in [3.8, 4) is 0 Å². The second-order valence-corrected chi connectivity index (χ2v) is 9.36. The first-order valence-corrected chi connectivity index (χ1v) is 11.7. The Labute approximate surface area is 206 Å². The lowest BCUT2D eigenvalue weighted by molar-refractivity contribution is -0.384. The van der Waals surface area contributed by atoms with Gasteiger partial charge in [0.2, 0.25) is 11.8 Å². The molecule has 0 unspecified atom stereocenters. The minimum absolute atomic E-state index is 0.0709. The average Bonchev–Trinajstić information content (AvgIpc) is 3.50. The molecule has 6 nitrogen and oxygen atoms in total. The Morgan fingerprint density at radius 3 is 1.80 bits per heavy atom. The topological polar surface area (TPSA) is 80.5 Å². The van der Waals surface area contributed by atoms with Gasteiger partial charge in [0.25, 0.3) is 5.69 Å². The Balaban J connectivity index is 1.48. The van der Waals surface area contributed by atoms with Gasteiger partial charge in [0.1, 0.15) is 0 Å². The number of nitro benzene ring substituents is 1. The van der Waals surface area contributed by atoms with Crippen molar-refractivity contribution in [2.75, 3.05) is 4.90 Å². The van der Waals surface area contributed by atoms with Crippen LogP contribution in [0.25, 0.3) is 5.57 Å². The van der Waals surface area contributed by atoms with E-state index in [1.54, 1.807) is 0 Å². The molecule has 4 atom stereocenters. The van der Waals surface area contributed by atoms with Crippen LogP contribution in [0, 0.1) is 33.8 Å². The van der Waals surface area contributed by atoms with Crippen molar-refractivity contribution in [3.05, 3.63) is 123 Å². The third-order valence-electron chi connectivity index (χ3n) is 7.21. The van der Waals surface area contributed by atoms with Crippen LogP contribution in [0.1, 0.15) is 11.1 Å². The van der Waals surface area contributed by atoms with Crippen molar-refractivity contribution < 1.29 is 14.5 Å². The van der Waals surface area contributed by atoms with Gasteiger partial charge in [0, 0.05) is 24.0 Å². The molecular weight excluding hydrogens is 464 g/mol. The summed E-state index contributed by atoms with van der Waals surface area (Å²) in [7, 11) is 0. The number of carbonyl (C=O) groups excluding carboxylic acids is 2. The zero-order chi connectivity index (χ0) is 24.3. The normalized spacial score (nSPS) is 24.3. The van der Waals surface area contributed by atoms with Crippen LogP contribution in [0.5, 0.6) is 0 Å². The highest BCUT2D eigenvalue weighted by atomic mass is 35.5. The van der Waals surface area contributed by atoms with E-state index in [1.165, 1.54) is 18.2 Å². The second-order valence-electron chi connectivity index (χ2n) is 8.96. The van der Waals surface area contributed by atoms with Gasteiger partial charge in [-0.1, -0.05) is 84.4 Å². The van der Waals surface area contributed by atoms with E-state index in [1.807, 2.05) is 72.8 Å². The van der Waals surface area contributed by atoms with E-state index < -0.39 is 16.8 Å². The molecule has 0 radical (unpaired) electrons. The highest BCUT2D eigenvalue weighted by Crippen LogP contribution is 2.59. The van der Waals surface area contributed by atoms with E-state index in [0.717, 1.165) is 27.2 Å². The molecule has 172 valence electrons. The third kappa shape index (κ3) is 3.17. The molecule has 0 N–H and O–H groups in total. The zero-order valence-electron chi connectivity index (χ0n) is 18.4. The summed E-state index contributed by atoms with van der Waals surface area (Å²) < 4.78 is 0. The van der Waals surface area contributed by atoms with Crippen molar-refractivity contribution in [2.45, 2.75) is 0 Å². The zero-order valence-corrected chi connectivity index (χ0v) is 19.1. The molecule has 3 aromatic carbocycles. The molecule has 1 saturated carbocycles. The average molecular weight is 483 g/mol. The maximum Gasteiger partial charge on any atom is 0.271 e. The lowest BCUT2D eigenvalue weighted by atomic mass is 9.85. The summed E-state index contributed by atoms with van der Waals surface area (Å²) in [5.41, 5.74) is 4.03. The third-order valence-corrected chi connectivity index (χ3v) is 7.53. The predicted molar refractivity (Wildman–Crippen MR) is 133 cm³/mol. The number of nitro groups is 1. The maximum absolute atomic E-state index is 13.7. The molecule has 2 aliphatic carbocycles. The number of imide groups is 1. The lowest BCUT2D eigenvalue weighted by Crippen LogP contribution is -2.33. The number of carbonyl (C=O) groups is 2. The van der Waals surface area contributed by atoms with Gasteiger partial charge in [-0.25, -0.2) is 4.90 Å². The van der Waals surface area contributed by atoms with Gasteiger partial charge in [-0.05, 0) is 28.3 Å². The summed E-state index contributed by atoms with van der Waals surface area (Å²) in [4.78, 5) is 39.2. The summed E-state index contributed by atoms with van der Waals surface area (Å²) in [5, 5.41) is 11.4. The van der Waals surface area contributed by atoms with Gasteiger partial charge < -0.3 is 0 Å². The molecule has 35 heavy (non-hydrogen) atoms. The molecule has 2 fully saturated rings. The number of rotatable bonds is 4. The van der Waals surface area contributed by atoms with Crippen LogP contribution in [-0.4, -0.2) is 16.7 Å². The fourth-order valence-corrected chi connectivity index (χ4v) is 6.03. The Morgan fingerprint density at radius 1 is 0.800 bits per heavy atom. The molecule has 0 aromatic heterocycles. The number of hydrogen-bond donors (Lipinski definition) is 0. The number of nitrogens with zero attached hydrogens (tertiary/aromatic N) is 2. The van der Waals surface area contributed by atoms with Crippen molar-refractivity contribution >= 4 is 40.4 Å². The first-order valence-electron chi connectivity index (χ1n) is 11.3. The van der Waals surface area contributed by atoms with Crippen molar-refractivity contribution in [1.82, 2.24) is 0 Å². The van der Waals surface area contributed by atoms with Gasteiger partial charge in [-0.2, -0.15) is 0 Å². The van der Waals surface area contributed by atoms with Crippen molar-refractivity contribution in [3.63, 3.8) is 0 Å². The van der Waals surface area contributed by atoms with Crippen molar-refractivity contribution in [1.29, 1.82) is 0 Å². The molecule has 3 aromatic rings. The lowest BCUT2D eigenvalue weighted by Gasteiger charge is -2.22. The number of fused-ring (bicyclic) bond motifs is 5. The molecule has 3 aliphatic rings. The van der Waals surface area contributed by atoms with E-state index in [9.17, 15) is 19.7 Å². The number of amides is 2. The summed E-state index contributed by atoms with van der Waals surface area (Å²) in [6, 6.07) is 23.8. The fraction of sp³-hybridized carbons (Fsp3) is 0.143. The molecule has 7 heteroatoms. The van der Waals surface area contributed by atoms with Gasteiger partial charge in [0.15, 0.2) is 0 Å². The van der Waals surface area contributed by atoms with Crippen LogP contribution in [0.3, 0.4) is 0 Å². The summed E-state index contributed by atoms with van der Waals surface area (Å²) in [5.74, 6) is -2.33. The Kier molecular flexibility index (Phi) is 4.93. The molecule has 0 spiro atoms. The van der Waals surface area contributed by atoms with E-state index in [-0.39, 0.29) is 40.0 Å². The highest BCUT2D eigenvalue weighted by molar-refractivity contribution is 6.36. The van der Waals surface area contributed by atoms with Gasteiger partial charge in [0.05, 0.1) is 27.5 Å². The second kappa shape index (κ2) is 8.03. The standard InChI is InChI=1S/C28H19ClN2O4/c29-21-14-11-18(31(34)35)15-22(21)30-27(32)25-19-12-13-20(26(25)28(30)33)24(19)23(16-7-3-1-4-8-16)17-9-5-2-6-10-17/h1-15,19-20,25-26H/t19-,20-,25-,26+/m0/s1. The largest absolute Gasteiger partial charge is 0.274 e. The van der Waals surface area contributed by atoms with E-state index in [0.29, 0.717) is 0 Å². The summed E-state index contributed by atoms with van der Waals surface area (Å²) in [6.45, 7) is 0. The summed E-state index contributed by atoms with van der Waals surface area (Å²) in [6.07, 6.45) is 4.05. The van der Waals surface area contributed by atoms with Crippen LogP contribution in [0.15, 0.2) is 96.6 Å². The number of non-ortho nitro benzene ring substituents is 1. The number of halogens is 1. The Bertz CT molecular complexity index is 1370. The molecular formula is C28H19ClN2O4. The SMILES string of the molecule is O=C1[C@@H]2[C@H](C(=O)N1c1cc([N+](=O)[O-])ccc1Cl)[C@H]1C=C[C@H]2C1=C(c1ccccc1)c1ccccc1. The first-order chi connectivity index (χ1) is 17.0. The minimum atomic E-state index is -0.566. The Morgan fingerprint density at radius 2 is 1.31 bits per heavy atom. The molecule has 1 heterocycles. The molecule has 2 bridgehead atoms. The van der Waals surface area contributed by atoms with Crippen LogP contribution in [0.2, 0.25) is 5.02 Å². The van der Waals surface area contributed by atoms with E-state index in [2.05, 4.69) is 0 Å². The quantitative estimate of drug-likeness (QED) is 0.207. The predicted octanol–water partition coefficient (Wildman–Crippen LogP) is 5.67. The van der Waals surface area contributed by atoms with E-state index in [4.69, 9.17) is 11.6 Å². The van der Waals surface area contributed by atoms with Gasteiger partial charge in [-0.15, -0.1) is 0 Å². The fourth-order valence-electron chi connectivity index (χ4n) is 5.83. The minimum Gasteiger partial charge on any atom is -0.274 e. The monoisotopic (exact) mass is 482 g/mol. The van der Waals surface area contributed by atoms with Crippen LogP contribution < -0.4 is 4.90 Å². The van der Waals surface area contributed by atoms with Crippen molar-refractivity contribution in [2.24, 2.45) is 23.7 Å². The van der Waals surface area contributed by atoms with Crippen LogP contribution >= 0.6 is 11.6 Å². The molecule has 1 aliphatic heterocycles. The van der Waals surface area contributed by atoms with E-state index >= 15 is 0 Å². The smallest absolute Gasteiger partial charge is 0.271 e. The van der Waals surface area contributed by atoms with Gasteiger partial charge >= 0.3 is 0 Å². The first kappa shape index (κ1) is 21.5. The maximum atomic E-state index is 13.7. The van der Waals surface area contributed by atoms with Gasteiger partial charge in [-0.3, -0.25) is 19.7 Å². The highest BCUT2D eigenvalue weighted by Gasteiger charge is 2.62. The Hall–Kier alpha value is -4.03. The number of anilines is 1. The number of hydrogen-bond acceptors (Lipinski definition) is 4. The molecule has 6 rings (SSSR count). The number of benzene rings is 3. The molecule has 1 saturated heterocycles. The summed E-state index contributed by atoms with van der Waals surface area (Å²) >= 11 is 6.30. The van der Waals surface area contributed by atoms with Crippen LogP contribution in [-0.2, 0) is 9.59 Å². The number of allylic oxidation sites excluding steroid dienone is 3. The van der Waals surface area contributed by atoms with Crippen LogP contribution in [0.4, 0.5) is 11.4 Å².